The number of nitrogens with zero attached hydrogens (tertiary/aromatic N) is 8. The number of fused-ring (bicyclic) bond motifs is 12. The Morgan fingerprint density at radius 2 is 0.453 bits per heavy atom. The minimum absolute atomic E-state index is 0.670. The molecule has 18 aromatic carbocycles. The highest BCUT2D eigenvalue weighted by molar-refractivity contribution is 6.34. The van der Waals surface area contributed by atoms with Crippen molar-refractivity contribution in [2.45, 2.75) is 0 Å². The van der Waals surface area contributed by atoms with Crippen LogP contribution in [0.4, 0.5) is 0 Å². The lowest BCUT2D eigenvalue weighted by Gasteiger charge is -2.15. The number of hydrogen-bond donors (Lipinski definition) is 0. The molecule has 8 heteroatoms. The third-order valence-electron chi connectivity index (χ3n) is 24.6. The van der Waals surface area contributed by atoms with E-state index in [9.17, 15) is 0 Å². The molecule has 6 heterocycles. The topological polar surface area (TPSA) is 79.2 Å². The van der Waals surface area contributed by atoms with Gasteiger partial charge >= 0.3 is 0 Å². The first-order chi connectivity index (χ1) is 58.0. The molecule has 0 radical (unpaired) electrons. The number of aromatic nitrogens is 8. The Bertz CT molecular complexity index is 8310. The molecule has 0 atom stereocenters. The SMILES string of the molecule is c1ccc(-c2cc(-c3ccccc3)nc(-n3c4cccc5c4c4c6c(cccc6ccc43)-c3cc4ccccc4cc3-5)n2)cc1.c1ccc(-c2cccc(-n3c4cccc5c4c4c6c(cccc6ccc43)-c3cc4ccccc4cc3-5)n2)cc1.c1cnc(-n2c3cccc4c3c3c5c(cccc5ccc32)-c2cc3ccccc3cc2-4)nc1. The molecule has 24 aromatic rings. The largest absolute Gasteiger partial charge is 0.294 e. The Hall–Kier alpha value is -15.8. The van der Waals surface area contributed by atoms with E-state index in [1.165, 1.54) is 175 Å². The average molecular weight is 1490 g/mol. The summed E-state index contributed by atoms with van der Waals surface area (Å²) in [5, 5.41) is 22.9. The van der Waals surface area contributed by atoms with Crippen LogP contribution in [0.1, 0.15) is 0 Å². The maximum absolute atomic E-state index is 5.26. The first-order valence-corrected chi connectivity index (χ1v) is 39.9. The Labute approximate surface area is 671 Å². The van der Waals surface area contributed by atoms with E-state index in [-0.39, 0.29) is 0 Å². The Kier molecular flexibility index (Phi) is 14.1. The van der Waals surface area contributed by atoms with Crippen LogP contribution in [0.25, 0.3) is 248 Å². The molecule has 0 saturated heterocycles. The highest BCUT2D eigenvalue weighted by Crippen LogP contribution is 2.55. The first-order valence-electron chi connectivity index (χ1n) is 39.9. The third kappa shape index (κ3) is 9.79. The van der Waals surface area contributed by atoms with Crippen LogP contribution in [-0.4, -0.2) is 38.6 Å². The summed E-state index contributed by atoms with van der Waals surface area (Å²) < 4.78 is 6.83. The van der Waals surface area contributed by atoms with Crippen molar-refractivity contribution >= 4 is 130 Å². The second kappa shape index (κ2) is 25.4. The van der Waals surface area contributed by atoms with E-state index in [1.54, 1.807) is 0 Å². The van der Waals surface area contributed by atoms with Gasteiger partial charge in [0.15, 0.2) is 0 Å². The molecule has 0 spiro atoms. The van der Waals surface area contributed by atoms with Crippen LogP contribution in [0.2, 0.25) is 0 Å². The summed E-state index contributed by atoms with van der Waals surface area (Å²) in [4.78, 5) is 24.9. The Morgan fingerprint density at radius 1 is 0.162 bits per heavy atom. The standard InChI is InChI=1S/C42H25N3.C37H22N2.C30H17N3/c1-3-11-26(12-4-1)35-25-36(27-13-5-2-6-14-27)44-42(43-35)45-37-20-10-19-32-34-24-30-16-8-7-15-29(30)23-33(34)31-18-9-17-28-21-22-38(45)41(39(28)31)40(32)37;1-2-9-23(10-3-1)31-16-8-18-34(38-31)39-32-17-7-15-28-30-22-26-12-5-4-11-25(26)21-29(30)27-14-6-13-24-19-20-33(39)37(35(24)27)36(28)32;1-2-7-20-17-24-22-10-4-11-25-28(22)29-26(33(25)30-31-14-5-15-32-30)13-12-18-8-3-9-21(27(18)29)23(24)16-19(20)6-1/h1-25H;1-22H;1-17H. The summed E-state index contributed by atoms with van der Waals surface area (Å²) in [6.07, 6.45) is 3.62. The Balaban J connectivity index is 0.0000000992. The molecule has 3 aliphatic rings. The molecule has 3 aliphatic carbocycles. The van der Waals surface area contributed by atoms with Crippen LogP contribution >= 0.6 is 0 Å². The fraction of sp³-hybridized carbons (Fsp3) is 0. The van der Waals surface area contributed by atoms with E-state index >= 15 is 0 Å². The van der Waals surface area contributed by atoms with E-state index in [2.05, 4.69) is 376 Å². The van der Waals surface area contributed by atoms with Gasteiger partial charge in [0, 0.05) is 61.4 Å². The molecule has 8 nitrogen and oxygen atoms in total. The summed E-state index contributed by atoms with van der Waals surface area (Å²) in [6, 6.07) is 135. The van der Waals surface area contributed by atoms with Gasteiger partial charge in [0.25, 0.3) is 0 Å². The molecule has 0 saturated carbocycles. The zero-order chi connectivity index (χ0) is 76.5. The fourth-order valence-electron chi connectivity index (χ4n) is 19.6. The maximum Gasteiger partial charge on any atom is 0.235 e. The normalized spacial score (nSPS) is 12.1. The summed E-state index contributed by atoms with van der Waals surface area (Å²) in [5.74, 6) is 2.30. The van der Waals surface area contributed by atoms with Crippen molar-refractivity contribution in [2.75, 3.05) is 0 Å². The summed E-state index contributed by atoms with van der Waals surface area (Å²) in [6.45, 7) is 0. The molecule has 117 heavy (non-hydrogen) atoms. The third-order valence-corrected chi connectivity index (χ3v) is 24.6. The molecular formula is C109H64N8. The van der Waals surface area contributed by atoms with E-state index in [4.69, 9.17) is 15.0 Å². The van der Waals surface area contributed by atoms with E-state index in [1.807, 2.05) is 36.7 Å². The van der Waals surface area contributed by atoms with Crippen LogP contribution in [0.15, 0.2) is 389 Å². The van der Waals surface area contributed by atoms with Crippen molar-refractivity contribution in [1.29, 1.82) is 0 Å². The molecule has 0 aliphatic heterocycles. The summed E-state index contributed by atoms with van der Waals surface area (Å²) in [7, 11) is 0. The molecule has 0 unspecified atom stereocenters. The van der Waals surface area contributed by atoms with Crippen molar-refractivity contribution in [3.63, 3.8) is 0 Å². The molecule has 27 rings (SSSR count). The predicted molar refractivity (Wildman–Crippen MR) is 486 cm³/mol. The second-order valence-electron chi connectivity index (χ2n) is 30.9. The van der Waals surface area contributed by atoms with Gasteiger partial charge in [-0.3, -0.25) is 13.7 Å². The van der Waals surface area contributed by atoms with Gasteiger partial charge in [0.1, 0.15) is 5.82 Å². The molecule has 0 fully saturated rings. The number of rotatable bonds is 6. The average Bonchev–Trinajstić information content (AvgIpc) is 1.55. The van der Waals surface area contributed by atoms with Crippen molar-refractivity contribution in [3.05, 3.63) is 389 Å². The quantitative estimate of drug-likeness (QED) is 0.166. The lowest BCUT2D eigenvalue weighted by molar-refractivity contribution is 0.989. The van der Waals surface area contributed by atoms with Gasteiger partial charge in [-0.15, -0.1) is 0 Å². The van der Waals surface area contributed by atoms with Crippen molar-refractivity contribution in [2.24, 2.45) is 0 Å². The minimum Gasteiger partial charge on any atom is -0.294 e. The molecule has 540 valence electrons. The number of hydrogen-bond acceptors (Lipinski definition) is 5. The Morgan fingerprint density at radius 3 is 0.829 bits per heavy atom. The van der Waals surface area contributed by atoms with Crippen molar-refractivity contribution in [1.82, 2.24) is 38.6 Å². The van der Waals surface area contributed by atoms with Crippen LogP contribution in [0, 0.1) is 0 Å². The van der Waals surface area contributed by atoms with Gasteiger partial charge in [-0.2, -0.15) is 0 Å². The van der Waals surface area contributed by atoms with Crippen LogP contribution < -0.4 is 0 Å². The summed E-state index contributed by atoms with van der Waals surface area (Å²) >= 11 is 0. The van der Waals surface area contributed by atoms with Crippen LogP contribution in [-0.2, 0) is 0 Å². The molecule has 0 N–H and O–H groups in total. The van der Waals surface area contributed by atoms with Gasteiger partial charge in [-0.25, -0.2) is 24.9 Å². The smallest absolute Gasteiger partial charge is 0.235 e. The lowest BCUT2D eigenvalue weighted by Crippen LogP contribution is -2.04. The van der Waals surface area contributed by atoms with E-state index in [0.29, 0.717) is 11.9 Å². The van der Waals surface area contributed by atoms with Gasteiger partial charge in [-0.05, 0) is 228 Å². The maximum atomic E-state index is 5.26. The van der Waals surface area contributed by atoms with Gasteiger partial charge in [0.2, 0.25) is 11.9 Å². The number of pyridine rings is 1. The predicted octanol–water partition coefficient (Wildman–Crippen LogP) is 28.2. The zero-order valence-corrected chi connectivity index (χ0v) is 63.0. The molecule has 6 aromatic heterocycles. The van der Waals surface area contributed by atoms with Crippen LogP contribution in [0.5, 0.6) is 0 Å². The van der Waals surface area contributed by atoms with Gasteiger partial charge in [0.05, 0.1) is 50.2 Å². The van der Waals surface area contributed by atoms with Crippen LogP contribution in [0.3, 0.4) is 0 Å². The monoisotopic (exact) mass is 1480 g/mol. The summed E-state index contributed by atoms with van der Waals surface area (Å²) in [5.41, 5.74) is 28.2. The highest BCUT2D eigenvalue weighted by Gasteiger charge is 2.31. The molecule has 0 amide bonds. The second-order valence-corrected chi connectivity index (χ2v) is 30.9. The number of benzene rings is 18. The molecule has 0 bridgehead atoms. The lowest BCUT2D eigenvalue weighted by atomic mass is 9.91. The fourth-order valence-corrected chi connectivity index (χ4v) is 19.6. The highest BCUT2D eigenvalue weighted by atomic mass is 15.2. The molecular weight excluding hydrogens is 1420 g/mol. The van der Waals surface area contributed by atoms with Gasteiger partial charge in [-0.1, -0.05) is 279 Å². The minimum atomic E-state index is 0.670. The zero-order valence-electron chi connectivity index (χ0n) is 63.0. The van der Waals surface area contributed by atoms with E-state index in [0.717, 1.165) is 61.7 Å². The van der Waals surface area contributed by atoms with Crippen molar-refractivity contribution < 1.29 is 0 Å². The first kappa shape index (κ1) is 64.8. The van der Waals surface area contributed by atoms with E-state index < -0.39 is 0 Å². The van der Waals surface area contributed by atoms with Crippen molar-refractivity contribution in [3.8, 4) is 118 Å². The van der Waals surface area contributed by atoms with Gasteiger partial charge < -0.3 is 0 Å².